The number of ether oxygens (including phenoxy) is 1. The summed E-state index contributed by atoms with van der Waals surface area (Å²) < 4.78 is 7.67. The van der Waals surface area contributed by atoms with Gasteiger partial charge in [0.05, 0.1) is 11.4 Å². The smallest absolute Gasteiger partial charge is 0.341 e. The fourth-order valence-electron chi connectivity index (χ4n) is 4.26. The van der Waals surface area contributed by atoms with Gasteiger partial charge in [-0.1, -0.05) is 90.5 Å². The summed E-state index contributed by atoms with van der Waals surface area (Å²) in [5.74, 6) is -0.564. The summed E-state index contributed by atoms with van der Waals surface area (Å²) in [7, 11) is 0. The Balaban J connectivity index is 1.59. The summed E-state index contributed by atoms with van der Waals surface area (Å²) in [5.41, 5.74) is 6.63. The first kappa shape index (κ1) is 24.3. The van der Waals surface area contributed by atoms with E-state index in [1.165, 1.54) is 5.56 Å². The number of aromatic nitrogens is 2. The van der Waals surface area contributed by atoms with E-state index in [-0.39, 0.29) is 0 Å². The maximum atomic E-state index is 11.2. The summed E-state index contributed by atoms with van der Waals surface area (Å²) in [4.78, 5) is 11.2. The first-order chi connectivity index (χ1) is 18.1. The van der Waals surface area contributed by atoms with Gasteiger partial charge in [-0.25, -0.2) is 4.79 Å². The highest BCUT2D eigenvalue weighted by Crippen LogP contribution is 2.36. The fraction of sp³-hybridized carbons (Fsp3) is 0.0968. The Labute approximate surface area is 220 Å². The van der Waals surface area contributed by atoms with Crippen LogP contribution in [0.15, 0.2) is 109 Å². The van der Waals surface area contributed by atoms with Crippen molar-refractivity contribution in [2.24, 2.45) is 0 Å². The Morgan fingerprint density at radius 2 is 1.49 bits per heavy atom. The quantitative estimate of drug-likeness (QED) is 0.228. The van der Waals surface area contributed by atoms with E-state index in [0.29, 0.717) is 23.0 Å². The van der Waals surface area contributed by atoms with Gasteiger partial charge in [0.25, 0.3) is 0 Å². The number of nitrogens with zero attached hydrogens (tertiary/aromatic N) is 2. The second-order valence-electron chi connectivity index (χ2n) is 8.64. The molecule has 0 bridgehead atoms. The third-order valence-electron chi connectivity index (χ3n) is 6.09. The number of carboxylic acids is 1. The Hall–Kier alpha value is -4.35. The summed E-state index contributed by atoms with van der Waals surface area (Å²) >= 11 is 6.15. The standard InChI is InChI=1S/C31H25ClN2O3/c32-26-14-11-24(12-15-26)29-20-28(33-34(29)18-17-22-7-3-1-4-8-22)27-19-25(23-9-5-2-6-10-23)13-16-30(27)37-21-31(35)36/h1-16,19-20H,17-18,21H2,(H,35,36). The van der Waals surface area contributed by atoms with Gasteiger partial charge in [0, 0.05) is 17.1 Å². The van der Waals surface area contributed by atoms with Crippen molar-refractivity contribution in [1.29, 1.82) is 0 Å². The van der Waals surface area contributed by atoms with Crippen LogP contribution >= 0.6 is 11.6 Å². The first-order valence-electron chi connectivity index (χ1n) is 12.0. The van der Waals surface area contributed by atoms with Gasteiger partial charge in [-0.3, -0.25) is 4.68 Å². The van der Waals surface area contributed by atoms with E-state index in [1.807, 2.05) is 102 Å². The number of carbonyl (C=O) groups is 1. The molecule has 1 aromatic heterocycles. The average molecular weight is 509 g/mol. The number of aliphatic carboxylic acids is 1. The molecule has 0 unspecified atom stereocenters. The molecule has 0 fully saturated rings. The molecular formula is C31H25ClN2O3. The first-order valence-corrected chi connectivity index (χ1v) is 12.4. The second kappa shape index (κ2) is 11.1. The van der Waals surface area contributed by atoms with Gasteiger partial charge in [-0.05, 0) is 59.0 Å². The van der Waals surface area contributed by atoms with E-state index in [1.54, 1.807) is 0 Å². The minimum absolute atomic E-state index is 0.434. The molecule has 5 nitrogen and oxygen atoms in total. The van der Waals surface area contributed by atoms with Crippen molar-refractivity contribution in [2.75, 3.05) is 6.61 Å². The lowest BCUT2D eigenvalue weighted by atomic mass is 10.0. The average Bonchev–Trinajstić information content (AvgIpc) is 3.36. The highest BCUT2D eigenvalue weighted by atomic mass is 35.5. The molecule has 5 rings (SSSR count). The Kier molecular flexibility index (Phi) is 7.33. The number of halogens is 1. The highest BCUT2D eigenvalue weighted by Gasteiger charge is 2.17. The van der Waals surface area contributed by atoms with Crippen LogP contribution in [-0.4, -0.2) is 27.5 Å². The van der Waals surface area contributed by atoms with Gasteiger partial charge in [0.2, 0.25) is 0 Å². The van der Waals surface area contributed by atoms with Crippen LogP contribution in [0.2, 0.25) is 5.02 Å². The molecule has 0 saturated carbocycles. The molecule has 6 heteroatoms. The number of aryl methyl sites for hydroxylation is 2. The molecule has 0 radical (unpaired) electrons. The van der Waals surface area contributed by atoms with Crippen molar-refractivity contribution in [1.82, 2.24) is 9.78 Å². The molecule has 0 aliphatic carbocycles. The zero-order valence-electron chi connectivity index (χ0n) is 20.0. The molecule has 0 atom stereocenters. The van der Waals surface area contributed by atoms with Gasteiger partial charge in [-0.15, -0.1) is 0 Å². The molecule has 0 spiro atoms. The van der Waals surface area contributed by atoms with Crippen LogP contribution < -0.4 is 4.74 Å². The Morgan fingerprint density at radius 1 is 0.811 bits per heavy atom. The molecule has 1 heterocycles. The van der Waals surface area contributed by atoms with Crippen LogP contribution in [0.5, 0.6) is 5.75 Å². The normalized spacial score (nSPS) is 10.8. The summed E-state index contributed by atoms with van der Waals surface area (Å²) in [6.07, 6.45) is 0.814. The number of rotatable bonds is 9. The monoisotopic (exact) mass is 508 g/mol. The van der Waals surface area contributed by atoms with Crippen molar-refractivity contribution in [3.8, 4) is 39.4 Å². The molecule has 1 N–H and O–H groups in total. The molecule has 4 aromatic carbocycles. The predicted octanol–water partition coefficient (Wildman–Crippen LogP) is 7.24. The maximum absolute atomic E-state index is 11.2. The number of hydrogen-bond donors (Lipinski definition) is 1. The SMILES string of the molecule is O=C(O)COc1ccc(-c2ccccc2)cc1-c1cc(-c2ccc(Cl)cc2)n(CCc2ccccc2)n1. The summed E-state index contributed by atoms with van der Waals surface area (Å²) in [5, 5.41) is 14.8. The van der Waals surface area contributed by atoms with Gasteiger partial charge >= 0.3 is 5.97 Å². The van der Waals surface area contributed by atoms with E-state index in [2.05, 4.69) is 12.1 Å². The van der Waals surface area contributed by atoms with Crippen LogP contribution in [0.4, 0.5) is 0 Å². The fourth-order valence-corrected chi connectivity index (χ4v) is 4.38. The zero-order chi connectivity index (χ0) is 25.6. The maximum Gasteiger partial charge on any atom is 0.341 e. The summed E-state index contributed by atoms with van der Waals surface area (Å²) in [6, 6.07) is 35.7. The minimum atomic E-state index is -1.03. The molecule has 37 heavy (non-hydrogen) atoms. The highest BCUT2D eigenvalue weighted by molar-refractivity contribution is 6.30. The van der Waals surface area contributed by atoms with Crippen LogP contribution in [0.3, 0.4) is 0 Å². The van der Waals surface area contributed by atoms with E-state index in [9.17, 15) is 9.90 Å². The minimum Gasteiger partial charge on any atom is -0.481 e. The van der Waals surface area contributed by atoms with Crippen molar-refractivity contribution in [3.63, 3.8) is 0 Å². The molecule has 184 valence electrons. The largest absolute Gasteiger partial charge is 0.481 e. The topological polar surface area (TPSA) is 64.3 Å². The van der Waals surface area contributed by atoms with E-state index in [4.69, 9.17) is 21.4 Å². The van der Waals surface area contributed by atoms with Gasteiger partial charge in [-0.2, -0.15) is 5.10 Å². The van der Waals surface area contributed by atoms with Crippen molar-refractivity contribution in [2.45, 2.75) is 13.0 Å². The lowest BCUT2D eigenvalue weighted by Gasteiger charge is -2.11. The predicted molar refractivity (Wildman–Crippen MR) is 147 cm³/mol. The van der Waals surface area contributed by atoms with Crippen molar-refractivity contribution >= 4 is 17.6 Å². The van der Waals surface area contributed by atoms with Gasteiger partial charge < -0.3 is 9.84 Å². The van der Waals surface area contributed by atoms with Crippen LogP contribution in [0.25, 0.3) is 33.6 Å². The third-order valence-corrected chi connectivity index (χ3v) is 6.34. The number of benzene rings is 4. The third kappa shape index (κ3) is 5.90. The van der Waals surface area contributed by atoms with E-state index >= 15 is 0 Å². The second-order valence-corrected chi connectivity index (χ2v) is 9.08. The van der Waals surface area contributed by atoms with Gasteiger partial charge in [0.1, 0.15) is 5.75 Å². The molecular weight excluding hydrogens is 484 g/mol. The lowest BCUT2D eigenvalue weighted by molar-refractivity contribution is -0.139. The van der Waals surface area contributed by atoms with Crippen molar-refractivity contribution in [3.05, 3.63) is 120 Å². The van der Waals surface area contributed by atoms with Crippen molar-refractivity contribution < 1.29 is 14.6 Å². The lowest BCUT2D eigenvalue weighted by Crippen LogP contribution is -2.10. The zero-order valence-corrected chi connectivity index (χ0v) is 20.8. The number of hydrogen-bond acceptors (Lipinski definition) is 3. The van der Waals surface area contributed by atoms with Gasteiger partial charge in [0.15, 0.2) is 6.61 Å². The number of carboxylic acid groups (broad SMARTS) is 1. The molecule has 0 aliphatic rings. The van der Waals surface area contributed by atoms with Crippen LogP contribution in [-0.2, 0) is 17.8 Å². The Bertz CT molecular complexity index is 1500. The van der Waals surface area contributed by atoms with E-state index in [0.717, 1.165) is 34.4 Å². The molecule has 0 amide bonds. The Morgan fingerprint density at radius 3 is 2.19 bits per heavy atom. The molecule has 5 aromatic rings. The summed E-state index contributed by atoms with van der Waals surface area (Å²) in [6.45, 7) is 0.238. The van der Waals surface area contributed by atoms with Crippen LogP contribution in [0, 0.1) is 0 Å². The molecule has 0 aliphatic heterocycles. The van der Waals surface area contributed by atoms with E-state index < -0.39 is 12.6 Å². The van der Waals surface area contributed by atoms with Crippen LogP contribution in [0.1, 0.15) is 5.56 Å². The molecule has 0 saturated heterocycles.